The van der Waals surface area contributed by atoms with Crippen LogP contribution in [0, 0.1) is 23.2 Å². The predicted molar refractivity (Wildman–Crippen MR) is 75.3 cm³/mol. The largest absolute Gasteiger partial charge is 0.493 e. The van der Waals surface area contributed by atoms with E-state index >= 15 is 0 Å². The molecule has 0 radical (unpaired) electrons. The average Bonchev–Trinajstić information content (AvgIpc) is 2.77. The van der Waals surface area contributed by atoms with Crippen molar-refractivity contribution in [1.82, 2.24) is 9.78 Å². The highest BCUT2D eigenvalue weighted by molar-refractivity contribution is 5.29. The maximum atomic E-state index is 11.1. The topological polar surface area (TPSA) is 47.3 Å². The minimum atomic E-state index is -0.432. The lowest BCUT2D eigenvalue weighted by Gasteiger charge is -2.58. The third-order valence-corrected chi connectivity index (χ3v) is 6.09. The van der Waals surface area contributed by atoms with Crippen molar-refractivity contribution in [3.05, 3.63) is 11.9 Å². The number of nitrogens with zero attached hydrogens (tertiary/aromatic N) is 2. The van der Waals surface area contributed by atoms with Crippen LogP contribution in [-0.2, 0) is 7.05 Å². The molecule has 1 N–H and O–H groups in total. The van der Waals surface area contributed by atoms with Crippen LogP contribution in [0.15, 0.2) is 6.20 Å². The van der Waals surface area contributed by atoms with E-state index in [4.69, 9.17) is 4.74 Å². The fourth-order valence-corrected chi connectivity index (χ4v) is 5.70. The van der Waals surface area contributed by atoms with Gasteiger partial charge in [0.25, 0.3) is 0 Å². The van der Waals surface area contributed by atoms with Gasteiger partial charge >= 0.3 is 0 Å². The van der Waals surface area contributed by atoms with Gasteiger partial charge in [-0.1, -0.05) is 0 Å². The van der Waals surface area contributed by atoms with E-state index < -0.39 is 6.10 Å². The molecule has 4 heteroatoms. The maximum Gasteiger partial charge on any atom is 0.162 e. The zero-order chi connectivity index (χ0) is 13.9. The Morgan fingerprint density at radius 3 is 2.30 bits per heavy atom. The van der Waals surface area contributed by atoms with Crippen LogP contribution >= 0.6 is 0 Å². The highest BCUT2D eigenvalue weighted by Crippen LogP contribution is 2.64. The Labute approximate surface area is 120 Å². The van der Waals surface area contributed by atoms with E-state index in [0.29, 0.717) is 0 Å². The van der Waals surface area contributed by atoms with Gasteiger partial charge in [-0.15, -0.1) is 0 Å². The molecule has 0 amide bonds. The third-order valence-electron chi connectivity index (χ3n) is 6.09. The number of hydrogen-bond acceptors (Lipinski definition) is 3. The SMILES string of the molecule is COc1cnn(C)c1C(O)C12CC3CC(CC(C3)C1)C2. The van der Waals surface area contributed by atoms with E-state index in [1.807, 2.05) is 7.05 Å². The normalized spacial score (nSPS) is 40.0. The van der Waals surface area contributed by atoms with Gasteiger partial charge in [-0.25, -0.2) is 0 Å². The first kappa shape index (κ1) is 12.7. The Morgan fingerprint density at radius 1 is 1.25 bits per heavy atom. The number of hydrogen-bond donors (Lipinski definition) is 1. The molecule has 4 aliphatic rings. The molecule has 0 aliphatic heterocycles. The van der Waals surface area contributed by atoms with Gasteiger partial charge in [0.15, 0.2) is 5.75 Å². The number of methoxy groups -OCH3 is 1. The molecule has 5 rings (SSSR count). The summed E-state index contributed by atoms with van der Waals surface area (Å²) in [5.74, 6) is 3.26. The molecule has 1 aromatic heterocycles. The van der Waals surface area contributed by atoms with Crippen LogP contribution in [0.25, 0.3) is 0 Å². The first-order valence-electron chi connectivity index (χ1n) is 7.85. The van der Waals surface area contributed by atoms with Crippen molar-refractivity contribution in [2.75, 3.05) is 7.11 Å². The number of aryl methyl sites for hydroxylation is 1. The monoisotopic (exact) mass is 276 g/mol. The van der Waals surface area contributed by atoms with Gasteiger partial charge in [-0.2, -0.15) is 5.10 Å². The molecule has 0 spiro atoms. The summed E-state index contributed by atoms with van der Waals surface area (Å²) in [4.78, 5) is 0. The van der Waals surface area contributed by atoms with Crippen molar-refractivity contribution in [3.8, 4) is 5.75 Å². The quantitative estimate of drug-likeness (QED) is 0.923. The zero-order valence-corrected chi connectivity index (χ0v) is 12.4. The summed E-state index contributed by atoms with van der Waals surface area (Å²) >= 11 is 0. The lowest BCUT2D eigenvalue weighted by molar-refractivity contribution is -0.124. The van der Waals surface area contributed by atoms with E-state index in [1.54, 1.807) is 18.0 Å². The standard InChI is InChI=1S/C16H24N2O2/c1-18-14(13(20-2)9-17-18)15(19)16-6-10-3-11(7-16)5-12(4-10)8-16/h9-12,15,19H,3-8H2,1-2H3. The molecule has 1 heterocycles. The Bertz CT molecular complexity index is 487. The summed E-state index contributed by atoms with van der Waals surface area (Å²) in [6.07, 6.45) is 9.05. The second-order valence-corrected chi connectivity index (χ2v) is 7.40. The smallest absolute Gasteiger partial charge is 0.162 e. The van der Waals surface area contributed by atoms with Crippen molar-refractivity contribution >= 4 is 0 Å². The lowest BCUT2D eigenvalue weighted by Crippen LogP contribution is -2.49. The summed E-state index contributed by atoms with van der Waals surface area (Å²) in [7, 11) is 3.56. The summed E-state index contributed by atoms with van der Waals surface area (Å²) < 4.78 is 7.20. The molecule has 110 valence electrons. The van der Waals surface area contributed by atoms with Gasteiger partial charge in [0.05, 0.1) is 13.3 Å². The molecule has 4 fully saturated rings. The molecule has 0 saturated heterocycles. The van der Waals surface area contributed by atoms with Gasteiger partial charge in [-0.05, 0) is 56.3 Å². The number of aliphatic hydroxyl groups is 1. The molecule has 1 aromatic rings. The Hall–Kier alpha value is -1.03. The van der Waals surface area contributed by atoms with Crippen LogP contribution in [0.5, 0.6) is 5.75 Å². The minimum absolute atomic E-state index is 0.0792. The van der Waals surface area contributed by atoms with Crippen LogP contribution < -0.4 is 4.74 Å². The average molecular weight is 276 g/mol. The summed E-state index contributed by atoms with van der Waals surface area (Å²) in [5, 5.41) is 15.4. The molecular formula is C16H24N2O2. The van der Waals surface area contributed by atoms with Gasteiger partial charge in [0.1, 0.15) is 11.8 Å². The Balaban J connectivity index is 1.71. The van der Waals surface area contributed by atoms with Gasteiger partial charge in [-0.3, -0.25) is 4.68 Å². The second kappa shape index (κ2) is 4.23. The minimum Gasteiger partial charge on any atom is -0.493 e. The van der Waals surface area contributed by atoms with Crippen LogP contribution in [0.1, 0.15) is 50.3 Å². The second-order valence-electron chi connectivity index (χ2n) is 7.40. The summed E-state index contributed by atoms with van der Waals surface area (Å²) in [5.41, 5.74) is 0.949. The van der Waals surface area contributed by atoms with E-state index in [1.165, 1.54) is 38.5 Å². The molecule has 0 aromatic carbocycles. The number of ether oxygens (including phenoxy) is 1. The fourth-order valence-electron chi connectivity index (χ4n) is 5.70. The first-order valence-corrected chi connectivity index (χ1v) is 7.85. The Kier molecular flexibility index (Phi) is 2.69. The molecule has 4 aliphatic carbocycles. The molecule has 1 atom stereocenters. The highest BCUT2D eigenvalue weighted by Gasteiger charge is 2.55. The van der Waals surface area contributed by atoms with Crippen LogP contribution in [-0.4, -0.2) is 22.0 Å². The molecule has 20 heavy (non-hydrogen) atoms. The summed E-state index contributed by atoms with van der Waals surface area (Å²) in [6.45, 7) is 0. The molecule has 4 saturated carbocycles. The van der Waals surface area contributed by atoms with E-state index in [0.717, 1.165) is 29.2 Å². The zero-order valence-electron chi connectivity index (χ0n) is 12.4. The van der Waals surface area contributed by atoms with Crippen molar-refractivity contribution in [1.29, 1.82) is 0 Å². The van der Waals surface area contributed by atoms with Crippen molar-refractivity contribution in [2.24, 2.45) is 30.2 Å². The van der Waals surface area contributed by atoms with Crippen molar-refractivity contribution in [2.45, 2.75) is 44.6 Å². The predicted octanol–water partition coefficient (Wildman–Crippen LogP) is 2.68. The van der Waals surface area contributed by atoms with Gasteiger partial charge < -0.3 is 9.84 Å². The lowest BCUT2D eigenvalue weighted by atomic mass is 9.48. The maximum absolute atomic E-state index is 11.1. The molecule has 4 bridgehead atoms. The van der Waals surface area contributed by atoms with Crippen LogP contribution in [0.2, 0.25) is 0 Å². The summed E-state index contributed by atoms with van der Waals surface area (Å²) in [6, 6.07) is 0. The third kappa shape index (κ3) is 1.67. The number of aliphatic hydroxyl groups excluding tert-OH is 1. The number of aromatic nitrogens is 2. The highest BCUT2D eigenvalue weighted by atomic mass is 16.5. The van der Waals surface area contributed by atoms with E-state index in [9.17, 15) is 5.11 Å². The molecule has 4 nitrogen and oxygen atoms in total. The van der Waals surface area contributed by atoms with E-state index in [-0.39, 0.29) is 5.41 Å². The Morgan fingerprint density at radius 2 is 1.80 bits per heavy atom. The van der Waals surface area contributed by atoms with Crippen molar-refractivity contribution in [3.63, 3.8) is 0 Å². The fraction of sp³-hybridized carbons (Fsp3) is 0.812. The van der Waals surface area contributed by atoms with E-state index in [2.05, 4.69) is 5.10 Å². The van der Waals surface area contributed by atoms with Crippen LogP contribution in [0.4, 0.5) is 0 Å². The molecular weight excluding hydrogens is 252 g/mol. The van der Waals surface area contributed by atoms with Crippen LogP contribution in [0.3, 0.4) is 0 Å². The number of rotatable bonds is 3. The molecule has 1 unspecified atom stereocenters. The van der Waals surface area contributed by atoms with Crippen molar-refractivity contribution < 1.29 is 9.84 Å². The van der Waals surface area contributed by atoms with Gasteiger partial charge in [0, 0.05) is 12.5 Å². The van der Waals surface area contributed by atoms with Gasteiger partial charge in [0.2, 0.25) is 0 Å². The first-order chi connectivity index (χ1) is 9.61.